The molecule has 0 aliphatic heterocycles. The zero-order valence-electron chi connectivity index (χ0n) is 10.3. The topological polar surface area (TPSA) is 29.1 Å². The van der Waals surface area contributed by atoms with E-state index in [1.54, 1.807) is 0 Å². The fraction of sp³-hybridized carbons (Fsp3) is 0.462. The molecule has 0 atom stereocenters. The molecule has 6 heteroatoms. The summed E-state index contributed by atoms with van der Waals surface area (Å²) in [6, 6.07) is 4.79. The van der Waals surface area contributed by atoms with Crippen molar-refractivity contribution in [3.8, 4) is 0 Å². The van der Waals surface area contributed by atoms with Gasteiger partial charge in [-0.2, -0.15) is 13.2 Å². The van der Waals surface area contributed by atoms with Crippen LogP contribution in [0.3, 0.4) is 0 Å². The Hall–Kier alpha value is -1.04. The molecule has 19 heavy (non-hydrogen) atoms. The van der Waals surface area contributed by atoms with Crippen molar-refractivity contribution in [1.82, 2.24) is 5.32 Å². The SMILES string of the molecule is O=C(CCCCBr)NCc1ccc(C(F)(F)F)cc1. The van der Waals surface area contributed by atoms with Gasteiger partial charge in [-0.1, -0.05) is 28.1 Å². The molecule has 1 aromatic carbocycles. The molecule has 0 aliphatic rings. The fourth-order valence-electron chi connectivity index (χ4n) is 1.48. The third-order valence-corrected chi connectivity index (χ3v) is 3.12. The molecule has 1 amide bonds. The molecule has 1 N–H and O–H groups in total. The van der Waals surface area contributed by atoms with Crippen molar-refractivity contribution in [2.45, 2.75) is 32.0 Å². The van der Waals surface area contributed by atoms with E-state index >= 15 is 0 Å². The van der Waals surface area contributed by atoms with E-state index in [1.165, 1.54) is 12.1 Å². The molecular formula is C13H15BrF3NO. The van der Waals surface area contributed by atoms with E-state index in [1.807, 2.05) is 0 Å². The molecule has 0 saturated heterocycles. The number of alkyl halides is 4. The molecule has 0 heterocycles. The number of carbonyl (C=O) groups is 1. The Morgan fingerprint density at radius 3 is 2.32 bits per heavy atom. The number of hydrogen-bond acceptors (Lipinski definition) is 1. The molecule has 1 rings (SSSR count). The number of benzene rings is 1. The minimum atomic E-state index is -4.32. The largest absolute Gasteiger partial charge is 0.416 e. The summed E-state index contributed by atoms with van der Waals surface area (Å²) in [5.41, 5.74) is -0.0262. The molecular weight excluding hydrogens is 323 g/mol. The zero-order valence-corrected chi connectivity index (χ0v) is 11.9. The van der Waals surface area contributed by atoms with Crippen LogP contribution in [0.4, 0.5) is 13.2 Å². The quantitative estimate of drug-likeness (QED) is 0.619. The van der Waals surface area contributed by atoms with Gasteiger partial charge in [0.15, 0.2) is 0 Å². The van der Waals surface area contributed by atoms with Gasteiger partial charge in [0.05, 0.1) is 5.56 Å². The van der Waals surface area contributed by atoms with E-state index in [0.717, 1.165) is 30.3 Å². The summed E-state index contributed by atoms with van der Waals surface area (Å²) >= 11 is 3.27. The molecule has 106 valence electrons. The van der Waals surface area contributed by atoms with E-state index in [4.69, 9.17) is 0 Å². The maximum atomic E-state index is 12.3. The molecule has 0 unspecified atom stereocenters. The lowest BCUT2D eigenvalue weighted by molar-refractivity contribution is -0.137. The van der Waals surface area contributed by atoms with Gasteiger partial charge in [0, 0.05) is 18.3 Å². The summed E-state index contributed by atoms with van der Waals surface area (Å²) in [6.45, 7) is 0.255. The normalized spacial score (nSPS) is 11.4. The lowest BCUT2D eigenvalue weighted by Gasteiger charge is -2.08. The molecule has 0 aliphatic carbocycles. The van der Waals surface area contributed by atoms with Crippen LogP contribution in [0.5, 0.6) is 0 Å². The second-order valence-electron chi connectivity index (χ2n) is 4.12. The maximum Gasteiger partial charge on any atom is 0.416 e. The number of rotatable bonds is 6. The van der Waals surface area contributed by atoms with Crippen molar-refractivity contribution in [3.05, 3.63) is 35.4 Å². The molecule has 2 nitrogen and oxygen atoms in total. The lowest BCUT2D eigenvalue weighted by atomic mass is 10.1. The summed E-state index contributed by atoms with van der Waals surface area (Å²) in [5.74, 6) is -0.0825. The van der Waals surface area contributed by atoms with Crippen LogP contribution >= 0.6 is 15.9 Å². The van der Waals surface area contributed by atoms with Gasteiger partial charge in [0.2, 0.25) is 5.91 Å². The van der Waals surface area contributed by atoms with Gasteiger partial charge in [0.1, 0.15) is 0 Å². The van der Waals surface area contributed by atoms with Crippen molar-refractivity contribution in [3.63, 3.8) is 0 Å². The van der Waals surface area contributed by atoms with Crippen molar-refractivity contribution >= 4 is 21.8 Å². The summed E-state index contributed by atoms with van der Waals surface area (Å²) < 4.78 is 37.0. The summed E-state index contributed by atoms with van der Waals surface area (Å²) in [7, 11) is 0. The van der Waals surface area contributed by atoms with Crippen LogP contribution in [0.1, 0.15) is 30.4 Å². The lowest BCUT2D eigenvalue weighted by Crippen LogP contribution is -2.22. The van der Waals surface area contributed by atoms with Crippen molar-refractivity contribution in [1.29, 1.82) is 0 Å². The average Bonchev–Trinajstić information content (AvgIpc) is 2.36. The van der Waals surface area contributed by atoms with Gasteiger partial charge in [-0.25, -0.2) is 0 Å². The number of halogens is 4. The highest BCUT2D eigenvalue weighted by Gasteiger charge is 2.29. The average molecular weight is 338 g/mol. The van der Waals surface area contributed by atoms with E-state index in [9.17, 15) is 18.0 Å². The first-order chi connectivity index (χ1) is 8.93. The number of nitrogens with one attached hydrogen (secondary N) is 1. The highest BCUT2D eigenvalue weighted by Crippen LogP contribution is 2.28. The standard InChI is InChI=1S/C13H15BrF3NO/c14-8-2-1-3-12(19)18-9-10-4-6-11(7-5-10)13(15,16)17/h4-7H,1-3,8-9H2,(H,18,19). The molecule has 0 fully saturated rings. The molecule has 0 bridgehead atoms. The maximum absolute atomic E-state index is 12.3. The van der Waals surface area contributed by atoms with Gasteiger partial charge in [-0.05, 0) is 30.5 Å². The molecule has 0 saturated carbocycles. The summed E-state index contributed by atoms with van der Waals surface area (Å²) in [5, 5.41) is 3.54. The monoisotopic (exact) mass is 337 g/mol. The van der Waals surface area contributed by atoms with Crippen LogP contribution in [0, 0.1) is 0 Å². The highest BCUT2D eigenvalue weighted by molar-refractivity contribution is 9.09. The second kappa shape index (κ2) is 7.53. The van der Waals surface area contributed by atoms with E-state index in [2.05, 4.69) is 21.2 Å². The van der Waals surface area contributed by atoms with Crippen LogP contribution in [-0.4, -0.2) is 11.2 Å². The van der Waals surface area contributed by atoms with Crippen LogP contribution in [0.15, 0.2) is 24.3 Å². The number of hydrogen-bond donors (Lipinski definition) is 1. The van der Waals surface area contributed by atoms with Crippen LogP contribution in [0.2, 0.25) is 0 Å². The van der Waals surface area contributed by atoms with Crippen molar-refractivity contribution < 1.29 is 18.0 Å². The van der Waals surface area contributed by atoms with Gasteiger partial charge in [-0.3, -0.25) is 4.79 Å². The predicted octanol–water partition coefficient (Wildman–Crippen LogP) is 3.89. The Labute approximate surface area is 118 Å². The molecule has 0 radical (unpaired) electrons. The van der Waals surface area contributed by atoms with Crippen molar-refractivity contribution in [2.75, 3.05) is 5.33 Å². The Bertz CT molecular complexity index is 403. The van der Waals surface area contributed by atoms with Crippen LogP contribution in [0.25, 0.3) is 0 Å². The minimum absolute atomic E-state index is 0.0825. The van der Waals surface area contributed by atoms with Gasteiger partial charge in [-0.15, -0.1) is 0 Å². The van der Waals surface area contributed by atoms with E-state index in [-0.39, 0.29) is 12.5 Å². The first kappa shape index (κ1) is 16.0. The number of unbranched alkanes of at least 4 members (excludes halogenated alkanes) is 1. The van der Waals surface area contributed by atoms with E-state index < -0.39 is 11.7 Å². The first-order valence-corrected chi connectivity index (χ1v) is 7.04. The Kier molecular flexibility index (Phi) is 6.34. The third kappa shape index (κ3) is 6.09. The zero-order chi connectivity index (χ0) is 14.3. The van der Waals surface area contributed by atoms with Crippen molar-refractivity contribution in [2.24, 2.45) is 0 Å². The third-order valence-electron chi connectivity index (χ3n) is 2.56. The fourth-order valence-corrected chi connectivity index (χ4v) is 1.88. The smallest absolute Gasteiger partial charge is 0.352 e. The summed E-state index contributed by atoms with van der Waals surface area (Å²) in [4.78, 5) is 11.4. The first-order valence-electron chi connectivity index (χ1n) is 5.92. The Balaban J connectivity index is 2.40. The second-order valence-corrected chi connectivity index (χ2v) is 4.91. The van der Waals surface area contributed by atoms with Crippen LogP contribution in [-0.2, 0) is 17.5 Å². The van der Waals surface area contributed by atoms with Gasteiger partial charge < -0.3 is 5.32 Å². The van der Waals surface area contributed by atoms with Crippen LogP contribution < -0.4 is 5.32 Å². The van der Waals surface area contributed by atoms with Gasteiger partial charge >= 0.3 is 6.18 Å². The molecule has 1 aromatic rings. The number of amides is 1. The highest BCUT2D eigenvalue weighted by atomic mass is 79.9. The molecule has 0 spiro atoms. The Morgan fingerprint density at radius 2 is 1.79 bits per heavy atom. The van der Waals surface area contributed by atoms with E-state index in [0.29, 0.717) is 12.0 Å². The van der Waals surface area contributed by atoms with Gasteiger partial charge in [0.25, 0.3) is 0 Å². The predicted molar refractivity (Wildman–Crippen MR) is 70.9 cm³/mol. The molecule has 0 aromatic heterocycles. The number of carbonyl (C=O) groups excluding carboxylic acids is 1. The Morgan fingerprint density at radius 1 is 1.16 bits per heavy atom. The summed E-state index contributed by atoms with van der Waals surface area (Å²) in [6.07, 6.45) is -2.17. The minimum Gasteiger partial charge on any atom is -0.352 e.